The molecule has 2 N–H and O–H groups in total. The van der Waals surface area contributed by atoms with Crippen LogP contribution >= 0.6 is 0 Å². The number of nitrogens with zero attached hydrogens (tertiary/aromatic N) is 2. The van der Waals surface area contributed by atoms with E-state index in [1.807, 2.05) is 6.92 Å². The van der Waals surface area contributed by atoms with Crippen molar-refractivity contribution in [3.63, 3.8) is 0 Å². The van der Waals surface area contributed by atoms with Gasteiger partial charge in [-0.3, -0.25) is 9.59 Å². The minimum absolute atomic E-state index is 0.0260. The van der Waals surface area contributed by atoms with Crippen LogP contribution in [0.2, 0.25) is 0 Å². The number of aryl methyl sites for hydroxylation is 1. The van der Waals surface area contributed by atoms with Crippen molar-refractivity contribution in [3.05, 3.63) is 35.3 Å². The van der Waals surface area contributed by atoms with Gasteiger partial charge < -0.3 is 20.1 Å². The van der Waals surface area contributed by atoms with E-state index in [0.29, 0.717) is 29.6 Å². The Morgan fingerprint density at radius 1 is 1.37 bits per heavy atom. The van der Waals surface area contributed by atoms with E-state index in [1.165, 1.54) is 6.07 Å². The van der Waals surface area contributed by atoms with Crippen LogP contribution in [0.25, 0.3) is 10.9 Å². The van der Waals surface area contributed by atoms with Gasteiger partial charge in [-0.25, -0.2) is 4.39 Å². The van der Waals surface area contributed by atoms with Gasteiger partial charge >= 0.3 is 0 Å². The van der Waals surface area contributed by atoms with Crippen LogP contribution in [0.3, 0.4) is 0 Å². The maximum absolute atomic E-state index is 14.0. The number of piperidine rings is 1. The highest BCUT2D eigenvalue weighted by Gasteiger charge is 2.23. The first-order valence-electron chi connectivity index (χ1n) is 9.36. The standard InChI is InChI=1S/C20H27FN4O2/c1-13-6-7-16(21)15-11-17(23-19(13)15)20(27)22-14-5-4-9-25(12-14)10-8-18(26)24(2)3/h6-7,11,14,23H,4-5,8-10,12H2,1-3H3,(H,22,27). The molecule has 2 aromatic rings. The zero-order valence-corrected chi connectivity index (χ0v) is 16.1. The highest BCUT2D eigenvalue weighted by Crippen LogP contribution is 2.22. The van der Waals surface area contributed by atoms with E-state index in [1.54, 1.807) is 31.1 Å². The second-order valence-corrected chi connectivity index (χ2v) is 7.49. The number of amides is 2. The minimum atomic E-state index is -0.333. The van der Waals surface area contributed by atoms with Crippen LogP contribution in [-0.2, 0) is 4.79 Å². The third-order valence-electron chi connectivity index (χ3n) is 5.18. The summed E-state index contributed by atoms with van der Waals surface area (Å²) in [5.74, 6) is -0.446. The van der Waals surface area contributed by atoms with Gasteiger partial charge in [-0.1, -0.05) is 6.07 Å². The number of aromatic amines is 1. The number of hydrogen-bond acceptors (Lipinski definition) is 3. The summed E-state index contributed by atoms with van der Waals surface area (Å²) in [6.45, 7) is 4.23. The van der Waals surface area contributed by atoms with E-state index in [0.717, 1.165) is 31.5 Å². The molecule has 7 heteroatoms. The first-order valence-corrected chi connectivity index (χ1v) is 9.36. The molecule has 1 aromatic heterocycles. The monoisotopic (exact) mass is 374 g/mol. The zero-order valence-electron chi connectivity index (χ0n) is 16.1. The largest absolute Gasteiger partial charge is 0.350 e. The fourth-order valence-corrected chi connectivity index (χ4v) is 3.56. The molecule has 0 saturated carbocycles. The Bertz CT molecular complexity index is 807. The van der Waals surface area contributed by atoms with Crippen molar-refractivity contribution in [2.24, 2.45) is 0 Å². The Hall–Kier alpha value is -2.41. The van der Waals surface area contributed by atoms with Gasteiger partial charge in [-0.15, -0.1) is 0 Å². The molecule has 1 aliphatic rings. The molecule has 0 aliphatic carbocycles. The summed E-state index contributed by atoms with van der Waals surface area (Å²) < 4.78 is 14.0. The van der Waals surface area contributed by atoms with E-state index in [4.69, 9.17) is 0 Å². The van der Waals surface area contributed by atoms with Gasteiger partial charge in [0.1, 0.15) is 11.5 Å². The molecule has 1 aromatic carbocycles. The molecule has 2 amide bonds. The fraction of sp³-hybridized carbons (Fsp3) is 0.500. The van der Waals surface area contributed by atoms with E-state index < -0.39 is 0 Å². The molecule has 2 heterocycles. The molecule has 1 atom stereocenters. The maximum atomic E-state index is 14.0. The maximum Gasteiger partial charge on any atom is 0.267 e. The normalized spacial score (nSPS) is 17.9. The van der Waals surface area contributed by atoms with Crippen molar-refractivity contribution in [1.29, 1.82) is 0 Å². The Labute approximate surface area is 158 Å². The van der Waals surface area contributed by atoms with Crippen LogP contribution < -0.4 is 5.32 Å². The van der Waals surface area contributed by atoms with E-state index in [9.17, 15) is 14.0 Å². The van der Waals surface area contributed by atoms with Crippen molar-refractivity contribution in [2.75, 3.05) is 33.7 Å². The number of likely N-dealkylation sites (tertiary alicyclic amines) is 1. The number of benzene rings is 1. The lowest BCUT2D eigenvalue weighted by atomic mass is 10.1. The Morgan fingerprint density at radius 2 is 2.15 bits per heavy atom. The molecule has 6 nitrogen and oxygen atoms in total. The first-order chi connectivity index (χ1) is 12.8. The third kappa shape index (κ3) is 4.47. The van der Waals surface area contributed by atoms with Gasteiger partial charge in [0.05, 0.1) is 5.52 Å². The summed E-state index contributed by atoms with van der Waals surface area (Å²) in [4.78, 5) is 31.2. The molecule has 1 fully saturated rings. The third-order valence-corrected chi connectivity index (χ3v) is 5.18. The molecule has 146 valence electrons. The van der Waals surface area contributed by atoms with Crippen LogP contribution in [0.4, 0.5) is 4.39 Å². The van der Waals surface area contributed by atoms with Crippen LogP contribution in [0.1, 0.15) is 35.3 Å². The van der Waals surface area contributed by atoms with Crippen molar-refractivity contribution in [1.82, 2.24) is 20.1 Å². The highest BCUT2D eigenvalue weighted by atomic mass is 19.1. The minimum Gasteiger partial charge on any atom is -0.350 e. The fourth-order valence-electron chi connectivity index (χ4n) is 3.56. The number of carbonyl (C=O) groups excluding carboxylic acids is 2. The highest BCUT2D eigenvalue weighted by molar-refractivity contribution is 5.99. The topological polar surface area (TPSA) is 68.4 Å². The summed E-state index contributed by atoms with van der Waals surface area (Å²) in [6, 6.07) is 4.71. The predicted octanol–water partition coefficient (Wildman–Crippen LogP) is 2.29. The average Bonchev–Trinajstić information content (AvgIpc) is 3.10. The summed E-state index contributed by atoms with van der Waals surface area (Å²) in [7, 11) is 3.51. The van der Waals surface area contributed by atoms with E-state index >= 15 is 0 Å². The van der Waals surface area contributed by atoms with Crippen LogP contribution in [-0.4, -0.2) is 66.4 Å². The lowest BCUT2D eigenvalue weighted by Gasteiger charge is -2.33. The Morgan fingerprint density at radius 3 is 2.85 bits per heavy atom. The van der Waals surface area contributed by atoms with Crippen LogP contribution in [0.15, 0.2) is 18.2 Å². The van der Waals surface area contributed by atoms with Crippen molar-refractivity contribution >= 4 is 22.7 Å². The smallest absolute Gasteiger partial charge is 0.267 e. The average molecular weight is 374 g/mol. The second-order valence-electron chi connectivity index (χ2n) is 7.49. The molecule has 3 rings (SSSR count). The number of fused-ring (bicyclic) bond motifs is 1. The van der Waals surface area contributed by atoms with Crippen LogP contribution in [0, 0.1) is 12.7 Å². The van der Waals surface area contributed by atoms with Crippen molar-refractivity contribution < 1.29 is 14.0 Å². The van der Waals surface area contributed by atoms with Crippen molar-refractivity contribution in [3.8, 4) is 0 Å². The van der Waals surface area contributed by atoms with Crippen LogP contribution in [0.5, 0.6) is 0 Å². The Kier molecular flexibility index (Phi) is 5.79. The number of nitrogens with one attached hydrogen (secondary N) is 2. The van der Waals surface area contributed by atoms with E-state index in [-0.39, 0.29) is 23.7 Å². The molecule has 1 unspecified atom stereocenters. The lowest BCUT2D eigenvalue weighted by molar-refractivity contribution is -0.129. The first kappa shape index (κ1) is 19.4. The summed E-state index contributed by atoms with van der Waals surface area (Å²) in [5, 5.41) is 3.48. The molecular weight excluding hydrogens is 347 g/mol. The molecule has 0 radical (unpaired) electrons. The molecule has 0 spiro atoms. The van der Waals surface area contributed by atoms with Gasteiger partial charge in [0.15, 0.2) is 0 Å². The number of rotatable bonds is 5. The predicted molar refractivity (Wildman–Crippen MR) is 103 cm³/mol. The van der Waals surface area contributed by atoms with E-state index in [2.05, 4.69) is 15.2 Å². The number of hydrogen-bond donors (Lipinski definition) is 2. The number of aromatic nitrogens is 1. The second kappa shape index (κ2) is 8.08. The summed E-state index contributed by atoms with van der Waals surface area (Å²) in [6.07, 6.45) is 2.35. The van der Waals surface area contributed by atoms with Gasteiger partial charge in [-0.05, 0) is 44.0 Å². The van der Waals surface area contributed by atoms with Gasteiger partial charge in [-0.2, -0.15) is 0 Å². The summed E-state index contributed by atoms with van der Waals surface area (Å²) >= 11 is 0. The Balaban J connectivity index is 1.61. The quantitative estimate of drug-likeness (QED) is 0.844. The zero-order chi connectivity index (χ0) is 19.6. The van der Waals surface area contributed by atoms with Gasteiger partial charge in [0, 0.05) is 45.0 Å². The SMILES string of the molecule is Cc1ccc(F)c2cc(C(=O)NC3CCCN(CCC(=O)N(C)C)C3)[nH]c12. The van der Waals surface area contributed by atoms with Crippen molar-refractivity contribution in [2.45, 2.75) is 32.2 Å². The number of halogens is 1. The molecule has 1 saturated heterocycles. The summed E-state index contributed by atoms with van der Waals surface area (Å²) in [5.41, 5.74) is 1.94. The van der Waals surface area contributed by atoms with Gasteiger partial charge in [0.2, 0.25) is 5.91 Å². The molecule has 0 bridgehead atoms. The lowest BCUT2D eigenvalue weighted by Crippen LogP contribution is -2.48. The molecule has 27 heavy (non-hydrogen) atoms. The molecular formula is C20H27FN4O2. The molecule has 1 aliphatic heterocycles. The number of H-pyrrole nitrogens is 1. The van der Waals surface area contributed by atoms with Gasteiger partial charge in [0.25, 0.3) is 5.91 Å². The number of carbonyl (C=O) groups is 2.